The summed E-state index contributed by atoms with van der Waals surface area (Å²) in [7, 11) is 1.76. The maximum Gasteiger partial charge on any atom is 0.337 e. The minimum atomic E-state index is -0.984. The molecular formula is C14H14N2O3. The van der Waals surface area contributed by atoms with Crippen molar-refractivity contribution in [3.05, 3.63) is 35.0 Å². The Bertz CT molecular complexity index is 687. The summed E-state index contributed by atoms with van der Waals surface area (Å²) >= 11 is 0. The molecule has 1 amide bonds. The van der Waals surface area contributed by atoms with Gasteiger partial charge in [0, 0.05) is 19.0 Å². The number of nitrogens with zero attached hydrogens (tertiary/aromatic N) is 1. The molecule has 98 valence electrons. The lowest BCUT2D eigenvalue weighted by molar-refractivity contribution is 0.0697. The summed E-state index contributed by atoms with van der Waals surface area (Å²) in [5.41, 5.74) is 2.22. The third-order valence-corrected chi connectivity index (χ3v) is 3.65. The van der Waals surface area contributed by atoms with Gasteiger partial charge in [0.15, 0.2) is 0 Å². The summed E-state index contributed by atoms with van der Waals surface area (Å²) in [6, 6.07) is 5.14. The second kappa shape index (κ2) is 4.12. The number of carbonyl (C=O) groups is 2. The van der Waals surface area contributed by atoms with Crippen LogP contribution in [0.1, 0.15) is 32.8 Å². The van der Waals surface area contributed by atoms with E-state index in [4.69, 9.17) is 0 Å². The number of hydrogen-bond donors (Lipinski definition) is 2. The minimum Gasteiger partial charge on any atom is -0.478 e. The monoisotopic (exact) mass is 258 g/mol. The van der Waals surface area contributed by atoms with Crippen LogP contribution >= 0.6 is 0 Å². The topological polar surface area (TPSA) is 73.4 Å². The van der Waals surface area contributed by atoms with Gasteiger partial charge < -0.3 is 15.0 Å². The Labute approximate surface area is 109 Å². The number of aryl methyl sites for hydroxylation is 1. The molecule has 0 bridgehead atoms. The van der Waals surface area contributed by atoms with Gasteiger partial charge >= 0.3 is 5.97 Å². The molecule has 5 nitrogen and oxygen atoms in total. The van der Waals surface area contributed by atoms with Crippen molar-refractivity contribution >= 4 is 22.8 Å². The van der Waals surface area contributed by atoms with Crippen LogP contribution in [0.15, 0.2) is 18.2 Å². The maximum absolute atomic E-state index is 12.2. The largest absolute Gasteiger partial charge is 0.478 e. The Morgan fingerprint density at radius 2 is 2.21 bits per heavy atom. The number of fused-ring (bicyclic) bond motifs is 3. The molecule has 19 heavy (non-hydrogen) atoms. The van der Waals surface area contributed by atoms with Crippen molar-refractivity contribution in [2.24, 2.45) is 0 Å². The van der Waals surface area contributed by atoms with Gasteiger partial charge in [-0.3, -0.25) is 4.79 Å². The fraction of sp³-hybridized carbons (Fsp3) is 0.286. The van der Waals surface area contributed by atoms with Gasteiger partial charge in [-0.2, -0.15) is 0 Å². The third-order valence-electron chi connectivity index (χ3n) is 3.65. The number of H-pyrrole nitrogens is 1. The molecule has 1 aromatic carbocycles. The number of aromatic carboxylic acids is 1. The van der Waals surface area contributed by atoms with Crippen molar-refractivity contribution in [2.45, 2.75) is 12.8 Å². The van der Waals surface area contributed by atoms with Crippen LogP contribution in [-0.2, 0) is 6.42 Å². The number of rotatable bonds is 1. The van der Waals surface area contributed by atoms with Crippen LogP contribution in [0.2, 0.25) is 0 Å². The predicted molar refractivity (Wildman–Crippen MR) is 70.5 cm³/mol. The Kier molecular flexibility index (Phi) is 2.55. The molecule has 1 aliphatic heterocycles. The Morgan fingerprint density at radius 3 is 2.95 bits per heavy atom. The average Bonchev–Trinajstić information content (AvgIpc) is 2.69. The van der Waals surface area contributed by atoms with Gasteiger partial charge in [0.05, 0.1) is 11.1 Å². The molecule has 0 spiro atoms. The summed E-state index contributed by atoms with van der Waals surface area (Å²) in [4.78, 5) is 28.1. The molecule has 2 aromatic rings. The highest BCUT2D eigenvalue weighted by Gasteiger charge is 2.25. The SMILES string of the molecule is CN1CCCc2c([nH]c3c(C(=O)O)cccc23)C1=O. The number of aromatic nitrogens is 1. The lowest BCUT2D eigenvalue weighted by Crippen LogP contribution is -2.26. The number of benzene rings is 1. The zero-order valence-corrected chi connectivity index (χ0v) is 10.6. The zero-order valence-electron chi connectivity index (χ0n) is 10.6. The number of carboxylic acids is 1. The van der Waals surface area contributed by atoms with Gasteiger partial charge in [0.2, 0.25) is 0 Å². The van der Waals surface area contributed by atoms with Crippen LogP contribution in [-0.4, -0.2) is 40.5 Å². The smallest absolute Gasteiger partial charge is 0.337 e. The first kappa shape index (κ1) is 11.8. The summed E-state index contributed by atoms with van der Waals surface area (Å²) in [5.74, 6) is -1.05. The molecule has 0 unspecified atom stereocenters. The van der Waals surface area contributed by atoms with E-state index in [1.54, 1.807) is 24.1 Å². The molecule has 1 aliphatic rings. The highest BCUT2D eigenvalue weighted by Crippen LogP contribution is 2.29. The van der Waals surface area contributed by atoms with E-state index in [1.807, 2.05) is 6.07 Å². The standard InChI is InChI=1S/C14H14N2O3/c1-16-7-3-6-9-8-4-2-5-10(14(18)19)11(8)15-12(9)13(16)17/h2,4-5,15H,3,6-7H2,1H3,(H,18,19). The number of hydrogen-bond acceptors (Lipinski definition) is 2. The Balaban J connectivity index is 2.31. The second-order valence-electron chi connectivity index (χ2n) is 4.84. The van der Waals surface area contributed by atoms with Gasteiger partial charge in [0.25, 0.3) is 5.91 Å². The summed E-state index contributed by atoms with van der Waals surface area (Å²) in [6.45, 7) is 0.724. The first-order valence-corrected chi connectivity index (χ1v) is 6.22. The fourth-order valence-electron chi connectivity index (χ4n) is 2.68. The number of para-hydroxylation sites is 1. The number of aromatic amines is 1. The molecule has 0 saturated carbocycles. The van der Waals surface area contributed by atoms with Crippen LogP contribution in [0.5, 0.6) is 0 Å². The number of amides is 1. The molecule has 0 fully saturated rings. The van der Waals surface area contributed by atoms with E-state index >= 15 is 0 Å². The summed E-state index contributed by atoms with van der Waals surface area (Å²) in [6.07, 6.45) is 1.67. The molecule has 0 aliphatic carbocycles. The first-order chi connectivity index (χ1) is 9.09. The zero-order chi connectivity index (χ0) is 13.6. The van der Waals surface area contributed by atoms with E-state index in [-0.39, 0.29) is 11.5 Å². The van der Waals surface area contributed by atoms with Crippen molar-refractivity contribution in [3.8, 4) is 0 Å². The van der Waals surface area contributed by atoms with Crippen LogP contribution in [0.3, 0.4) is 0 Å². The van der Waals surface area contributed by atoms with Crippen molar-refractivity contribution in [2.75, 3.05) is 13.6 Å². The van der Waals surface area contributed by atoms with Crippen LogP contribution < -0.4 is 0 Å². The van der Waals surface area contributed by atoms with E-state index in [0.717, 1.165) is 30.3 Å². The lowest BCUT2D eigenvalue weighted by atomic mass is 10.0. The van der Waals surface area contributed by atoms with Crippen LogP contribution in [0.25, 0.3) is 10.9 Å². The van der Waals surface area contributed by atoms with Crippen molar-refractivity contribution < 1.29 is 14.7 Å². The third kappa shape index (κ3) is 1.69. The molecule has 1 aromatic heterocycles. The van der Waals surface area contributed by atoms with Crippen molar-refractivity contribution in [3.63, 3.8) is 0 Å². The second-order valence-corrected chi connectivity index (χ2v) is 4.84. The Hall–Kier alpha value is -2.30. The van der Waals surface area contributed by atoms with E-state index in [0.29, 0.717) is 11.2 Å². The first-order valence-electron chi connectivity index (χ1n) is 6.22. The van der Waals surface area contributed by atoms with Gasteiger partial charge in [0.1, 0.15) is 5.69 Å². The quantitative estimate of drug-likeness (QED) is 0.820. The van der Waals surface area contributed by atoms with Crippen molar-refractivity contribution in [1.29, 1.82) is 0 Å². The predicted octanol–water partition coefficient (Wildman–Crippen LogP) is 1.88. The maximum atomic E-state index is 12.2. The van der Waals surface area contributed by atoms with Crippen LogP contribution in [0, 0.1) is 0 Å². The van der Waals surface area contributed by atoms with Gasteiger partial charge in [-0.25, -0.2) is 4.79 Å². The van der Waals surface area contributed by atoms with E-state index in [2.05, 4.69) is 4.98 Å². The van der Waals surface area contributed by atoms with Gasteiger partial charge in [-0.05, 0) is 24.5 Å². The highest BCUT2D eigenvalue weighted by atomic mass is 16.4. The lowest BCUT2D eigenvalue weighted by Gasteiger charge is -2.12. The fourth-order valence-corrected chi connectivity index (χ4v) is 2.68. The molecule has 2 heterocycles. The average molecular weight is 258 g/mol. The Morgan fingerprint density at radius 1 is 1.42 bits per heavy atom. The van der Waals surface area contributed by atoms with E-state index < -0.39 is 5.97 Å². The molecule has 0 atom stereocenters. The summed E-state index contributed by atoms with van der Waals surface area (Å²) < 4.78 is 0. The molecule has 2 N–H and O–H groups in total. The highest BCUT2D eigenvalue weighted by molar-refractivity contribution is 6.07. The number of carboxylic acid groups (broad SMARTS) is 1. The van der Waals surface area contributed by atoms with E-state index in [1.165, 1.54) is 0 Å². The van der Waals surface area contributed by atoms with Crippen LogP contribution in [0.4, 0.5) is 0 Å². The van der Waals surface area contributed by atoms with E-state index in [9.17, 15) is 14.7 Å². The molecule has 0 saturated heterocycles. The number of carbonyl (C=O) groups excluding carboxylic acids is 1. The molecular weight excluding hydrogens is 244 g/mol. The minimum absolute atomic E-state index is 0.0694. The van der Waals surface area contributed by atoms with Gasteiger partial charge in [-0.15, -0.1) is 0 Å². The normalized spacial score (nSPS) is 15.4. The molecule has 3 rings (SSSR count). The summed E-state index contributed by atoms with van der Waals surface area (Å²) in [5, 5.41) is 10.0. The van der Waals surface area contributed by atoms with Crippen molar-refractivity contribution in [1.82, 2.24) is 9.88 Å². The van der Waals surface area contributed by atoms with Gasteiger partial charge in [-0.1, -0.05) is 12.1 Å². The number of nitrogens with one attached hydrogen (secondary N) is 1. The molecule has 0 radical (unpaired) electrons. The molecule has 5 heteroatoms.